The highest BCUT2D eigenvalue weighted by atomic mass is 16.6. The first-order valence-corrected chi connectivity index (χ1v) is 6.89. The second-order valence-electron chi connectivity index (χ2n) is 5.17. The molecule has 0 aliphatic carbocycles. The van der Waals surface area contributed by atoms with E-state index < -0.39 is 0 Å². The number of benzene rings is 1. The Hall–Kier alpha value is -1.55. The highest BCUT2D eigenvalue weighted by molar-refractivity contribution is 5.73. The van der Waals surface area contributed by atoms with Gasteiger partial charge in [0.2, 0.25) is 0 Å². The third-order valence-electron chi connectivity index (χ3n) is 3.52. The van der Waals surface area contributed by atoms with Crippen LogP contribution in [0.3, 0.4) is 0 Å². The number of ether oxygens (including phenoxy) is 1. The monoisotopic (exact) mass is 262 g/mol. The van der Waals surface area contributed by atoms with Gasteiger partial charge < -0.3 is 15.4 Å². The fourth-order valence-corrected chi connectivity index (χ4v) is 2.42. The predicted molar refractivity (Wildman–Crippen MR) is 75.8 cm³/mol. The molecule has 0 spiro atoms. The first-order valence-electron chi connectivity index (χ1n) is 6.89. The van der Waals surface area contributed by atoms with Gasteiger partial charge in [-0.3, -0.25) is 4.79 Å². The molecule has 19 heavy (non-hydrogen) atoms. The van der Waals surface area contributed by atoms with E-state index >= 15 is 0 Å². The summed E-state index contributed by atoms with van der Waals surface area (Å²) in [6.07, 6.45) is 0.551. The zero-order chi connectivity index (χ0) is 13.7. The van der Waals surface area contributed by atoms with Crippen molar-refractivity contribution in [3.05, 3.63) is 30.3 Å². The number of carbonyl (C=O) groups is 1. The maximum atomic E-state index is 12.1. The quantitative estimate of drug-likeness (QED) is 0.645. The molecule has 1 aromatic rings. The molecule has 1 saturated heterocycles. The van der Waals surface area contributed by atoms with Crippen molar-refractivity contribution in [1.82, 2.24) is 5.32 Å². The third-order valence-corrected chi connectivity index (χ3v) is 3.52. The van der Waals surface area contributed by atoms with Crippen LogP contribution in [0.1, 0.15) is 20.3 Å². The van der Waals surface area contributed by atoms with Gasteiger partial charge in [-0.15, -0.1) is 0 Å². The summed E-state index contributed by atoms with van der Waals surface area (Å²) in [5.74, 6) is 0.261. The van der Waals surface area contributed by atoms with Gasteiger partial charge in [0, 0.05) is 5.69 Å². The minimum atomic E-state index is -0.308. The summed E-state index contributed by atoms with van der Waals surface area (Å²) >= 11 is 0. The lowest BCUT2D eigenvalue weighted by Crippen LogP contribution is -2.40. The number of hydrogen-bond donors (Lipinski definition) is 2. The lowest BCUT2D eigenvalue weighted by molar-refractivity contribution is -0.154. The van der Waals surface area contributed by atoms with E-state index in [1.807, 2.05) is 37.3 Å². The van der Waals surface area contributed by atoms with Crippen molar-refractivity contribution in [3.63, 3.8) is 0 Å². The average molecular weight is 262 g/mol. The molecule has 0 saturated carbocycles. The molecule has 4 heteroatoms. The van der Waals surface area contributed by atoms with Crippen LogP contribution in [0.4, 0.5) is 5.69 Å². The van der Waals surface area contributed by atoms with E-state index in [2.05, 4.69) is 17.6 Å². The molecule has 1 aliphatic heterocycles. The first kappa shape index (κ1) is 13.9. The van der Waals surface area contributed by atoms with Crippen molar-refractivity contribution < 1.29 is 9.53 Å². The minimum absolute atomic E-state index is 0.0151. The van der Waals surface area contributed by atoms with Crippen LogP contribution in [-0.2, 0) is 9.53 Å². The average Bonchev–Trinajstić information content (AvgIpc) is 2.40. The molecule has 1 fully saturated rings. The molecule has 0 aromatic heterocycles. The highest BCUT2D eigenvalue weighted by Gasteiger charge is 2.29. The van der Waals surface area contributed by atoms with Crippen LogP contribution in [-0.4, -0.2) is 25.3 Å². The second kappa shape index (κ2) is 6.57. The third kappa shape index (κ3) is 3.96. The largest absolute Gasteiger partial charge is 0.442 e. The van der Waals surface area contributed by atoms with Crippen molar-refractivity contribution in [1.29, 1.82) is 0 Å². The van der Waals surface area contributed by atoms with Gasteiger partial charge in [-0.05, 0) is 44.5 Å². The lowest BCUT2D eigenvalue weighted by Gasteiger charge is -2.29. The number of esters is 1. The Morgan fingerprint density at radius 1 is 1.42 bits per heavy atom. The first-order chi connectivity index (χ1) is 9.16. The number of anilines is 1. The smallest absolute Gasteiger partial charge is 0.311 e. The van der Waals surface area contributed by atoms with E-state index in [1.54, 1.807) is 0 Å². The highest BCUT2D eigenvalue weighted by Crippen LogP contribution is 2.21. The van der Waals surface area contributed by atoms with E-state index in [1.165, 1.54) is 0 Å². The van der Waals surface area contributed by atoms with Gasteiger partial charge in [0.05, 0.1) is 5.92 Å². The van der Waals surface area contributed by atoms with Gasteiger partial charge in [0.15, 0.2) is 6.23 Å². The fourth-order valence-electron chi connectivity index (χ4n) is 2.42. The molecule has 2 rings (SSSR count). The minimum Gasteiger partial charge on any atom is -0.442 e. The van der Waals surface area contributed by atoms with Crippen LogP contribution in [0.2, 0.25) is 0 Å². The zero-order valence-corrected chi connectivity index (χ0v) is 11.6. The number of piperidine rings is 1. The summed E-state index contributed by atoms with van der Waals surface area (Å²) in [6.45, 7) is 5.73. The van der Waals surface area contributed by atoms with Gasteiger partial charge in [-0.25, -0.2) is 0 Å². The molecule has 1 aromatic carbocycles. The molecule has 3 unspecified atom stereocenters. The molecule has 3 atom stereocenters. The number of hydrogen-bond acceptors (Lipinski definition) is 4. The van der Waals surface area contributed by atoms with Crippen molar-refractivity contribution in [2.45, 2.75) is 26.5 Å². The molecule has 1 aliphatic rings. The van der Waals surface area contributed by atoms with Crippen LogP contribution in [0.5, 0.6) is 0 Å². The van der Waals surface area contributed by atoms with Crippen LogP contribution < -0.4 is 10.6 Å². The Labute approximate surface area is 114 Å². The zero-order valence-electron chi connectivity index (χ0n) is 11.6. The molecule has 4 nitrogen and oxygen atoms in total. The molecule has 0 bridgehead atoms. The van der Waals surface area contributed by atoms with E-state index in [9.17, 15) is 4.79 Å². The lowest BCUT2D eigenvalue weighted by atomic mass is 9.88. The van der Waals surface area contributed by atoms with Gasteiger partial charge in [0.25, 0.3) is 0 Å². The molecular formula is C15H22N2O2. The van der Waals surface area contributed by atoms with E-state index in [0.717, 1.165) is 25.2 Å². The van der Waals surface area contributed by atoms with Crippen LogP contribution >= 0.6 is 0 Å². The van der Waals surface area contributed by atoms with E-state index in [0.29, 0.717) is 5.92 Å². The van der Waals surface area contributed by atoms with E-state index in [-0.39, 0.29) is 18.1 Å². The van der Waals surface area contributed by atoms with Gasteiger partial charge in [0.1, 0.15) is 0 Å². The van der Waals surface area contributed by atoms with Gasteiger partial charge >= 0.3 is 5.97 Å². The number of nitrogens with one attached hydrogen (secondary N) is 2. The van der Waals surface area contributed by atoms with Crippen LogP contribution in [0.25, 0.3) is 0 Å². The number of rotatable bonds is 4. The maximum Gasteiger partial charge on any atom is 0.311 e. The summed E-state index contributed by atoms with van der Waals surface area (Å²) in [5.41, 5.74) is 0.959. The van der Waals surface area contributed by atoms with Crippen LogP contribution in [0.15, 0.2) is 30.3 Å². The summed E-state index contributed by atoms with van der Waals surface area (Å²) in [4.78, 5) is 12.1. The van der Waals surface area contributed by atoms with Crippen molar-refractivity contribution in [2.24, 2.45) is 11.8 Å². The standard InChI is InChI=1S/C15H22N2O2/c1-11-10-16-9-8-14(11)15(18)19-12(2)17-13-6-4-3-5-7-13/h3-7,11-12,14,16-17H,8-10H2,1-2H3. The Morgan fingerprint density at radius 2 is 2.16 bits per heavy atom. The van der Waals surface area contributed by atoms with Gasteiger partial charge in [-0.1, -0.05) is 25.1 Å². The van der Waals surface area contributed by atoms with Crippen molar-refractivity contribution in [2.75, 3.05) is 18.4 Å². The Bertz CT molecular complexity index is 408. The van der Waals surface area contributed by atoms with Gasteiger partial charge in [-0.2, -0.15) is 0 Å². The van der Waals surface area contributed by atoms with Crippen molar-refractivity contribution >= 4 is 11.7 Å². The molecule has 2 N–H and O–H groups in total. The second-order valence-corrected chi connectivity index (χ2v) is 5.17. The summed E-state index contributed by atoms with van der Waals surface area (Å²) in [7, 11) is 0. The summed E-state index contributed by atoms with van der Waals surface area (Å²) in [5, 5.41) is 6.46. The summed E-state index contributed by atoms with van der Waals surface area (Å²) in [6, 6.07) is 9.77. The number of carbonyl (C=O) groups excluding carboxylic acids is 1. The number of para-hydroxylation sites is 1. The Balaban J connectivity index is 1.84. The van der Waals surface area contributed by atoms with Crippen LogP contribution in [0, 0.1) is 11.8 Å². The normalized spacial score (nSPS) is 24.5. The molecule has 0 amide bonds. The molecule has 0 radical (unpaired) electrons. The Morgan fingerprint density at radius 3 is 2.84 bits per heavy atom. The Kier molecular flexibility index (Phi) is 4.80. The molecule has 104 valence electrons. The molecular weight excluding hydrogens is 240 g/mol. The predicted octanol–water partition coefficient (Wildman–Crippen LogP) is 2.23. The van der Waals surface area contributed by atoms with E-state index in [4.69, 9.17) is 4.74 Å². The maximum absolute atomic E-state index is 12.1. The topological polar surface area (TPSA) is 50.4 Å². The SMILES string of the molecule is CC(Nc1ccccc1)OC(=O)C1CCNCC1C. The fraction of sp³-hybridized carbons (Fsp3) is 0.533. The molecule has 1 heterocycles. The summed E-state index contributed by atoms with van der Waals surface area (Å²) < 4.78 is 5.49. The van der Waals surface area contributed by atoms with Crippen molar-refractivity contribution in [3.8, 4) is 0 Å².